The molecule has 1 heterocycles. The van der Waals surface area contributed by atoms with E-state index in [1.165, 1.54) is 0 Å². The first-order valence-corrected chi connectivity index (χ1v) is 2.65. The van der Waals surface area contributed by atoms with Gasteiger partial charge in [0.25, 0.3) is 0 Å². The van der Waals surface area contributed by atoms with Crippen molar-refractivity contribution in [1.82, 2.24) is 4.98 Å². The first-order valence-electron chi connectivity index (χ1n) is 2.65. The Bertz CT molecular complexity index is 200. The smallest absolute Gasteiger partial charge is 0.136 e. The van der Waals surface area contributed by atoms with E-state index in [9.17, 15) is 0 Å². The Hall–Kier alpha value is -1.31. The molecule has 1 rings (SSSR count). The lowest BCUT2D eigenvalue weighted by molar-refractivity contribution is 1.35. The van der Waals surface area contributed by atoms with Crippen molar-refractivity contribution in [1.29, 1.82) is 0 Å². The van der Waals surface area contributed by atoms with Gasteiger partial charge in [0.1, 0.15) is 5.82 Å². The van der Waals surface area contributed by atoms with E-state index >= 15 is 0 Å². The molecule has 0 aliphatic rings. The molecule has 0 aromatic carbocycles. The number of H-pyrrole nitrogens is 1. The van der Waals surface area contributed by atoms with Gasteiger partial charge >= 0.3 is 0 Å². The van der Waals surface area contributed by atoms with Gasteiger partial charge in [-0.05, 0) is 12.8 Å². The molecule has 0 radical (unpaired) electrons. The van der Waals surface area contributed by atoms with Gasteiger partial charge in [-0.3, -0.25) is 0 Å². The summed E-state index contributed by atoms with van der Waals surface area (Å²) in [5, 5.41) is 0. The van der Waals surface area contributed by atoms with Crippen LogP contribution in [-0.4, -0.2) is 11.7 Å². The van der Waals surface area contributed by atoms with Gasteiger partial charge < -0.3 is 4.98 Å². The van der Waals surface area contributed by atoms with Crippen molar-refractivity contribution in [3.05, 3.63) is 24.4 Å². The quantitative estimate of drug-likeness (QED) is 0.578. The fraction of sp³-hybridized carbons (Fsp3) is 0. The van der Waals surface area contributed by atoms with Crippen LogP contribution in [0.5, 0.6) is 0 Å². The summed E-state index contributed by atoms with van der Waals surface area (Å²) in [7, 11) is 0. The Labute approximate surface area is 53.9 Å². The number of nitrogens with zero attached hydrogens (tertiary/aromatic N) is 1. The summed E-state index contributed by atoms with van der Waals surface area (Å²) in [4.78, 5) is 6.63. The predicted molar refractivity (Wildman–Crippen MR) is 40.1 cm³/mol. The van der Waals surface area contributed by atoms with Crippen LogP contribution >= 0.6 is 0 Å². The monoisotopic (exact) mass is 120 g/mol. The van der Waals surface area contributed by atoms with Crippen LogP contribution in [0.25, 0.3) is 6.08 Å². The second-order valence-electron chi connectivity index (χ2n) is 1.64. The van der Waals surface area contributed by atoms with Gasteiger partial charge in [0.05, 0.1) is 0 Å². The van der Waals surface area contributed by atoms with E-state index in [2.05, 4.69) is 23.3 Å². The minimum Gasteiger partial charge on any atom is -0.346 e. The van der Waals surface area contributed by atoms with E-state index in [4.69, 9.17) is 0 Å². The maximum absolute atomic E-state index is 3.72. The fourth-order valence-electron chi connectivity index (χ4n) is 0.674. The molecule has 1 aromatic rings. The summed E-state index contributed by atoms with van der Waals surface area (Å²) in [5.74, 6) is 0.782. The van der Waals surface area contributed by atoms with Crippen molar-refractivity contribution in [3.63, 3.8) is 0 Å². The lowest BCUT2D eigenvalue weighted by Gasteiger charge is -1.85. The molecule has 2 heteroatoms. The van der Waals surface area contributed by atoms with E-state index in [0.29, 0.717) is 0 Å². The summed E-state index contributed by atoms with van der Waals surface area (Å²) >= 11 is 0. The predicted octanol–water partition coefficient (Wildman–Crippen LogP) is 1.99. The number of rotatable bonds is 2. The average Bonchev–Trinajstić information content (AvgIpc) is 2.33. The van der Waals surface area contributed by atoms with Crippen LogP contribution in [0.4, 0.5) is 5.82 Å². The van der Waals surface area contributed by atoms with Crippen LogP contribution < -0.4 is 0 Å². The van der Waals surface area contributed by atoms with Crippen LogP contribution in [0.2, 0.25) is 0 Å². The summed E-state index contributed by atoms with van der Waals surface area (Å²) in [6, 6.07) is 1.90. The van der Waals surface area contributed by atoms with Gasteiger partial charge in [0, 0.05) is 11.8 Å². The summed E-state index contributed by atoms with van der Waals surface area (Å²) in [5.41, 5.74) is 0.991. The lowest BCUT2D eigenvalue weighted by atomic mass is 10.3. The minimum atomic E-state index is 0.782. The van der Waals surface area contributed by atoms with Crippen molar-refractivity contribution in [3.8, 4) is 0 Å². The Kier molecular flexibility index (Phi) is 1.49. The number of aliphatic imine (C=N–C) groups is 1. The highest BCUT2D eigenvalue weighted by Crippen LogP contribution is 2.15. The highest BCUT2D eigenvalue weighted by atomic mass is 14.9. The lowest BCUT2D eigenvalue weighted by Crippen LogP contribution is -1.63. The highest BCUT2D eigenvalue weighted by molar-refractivity contribution is 5.61. The van der Waals surface area contributed by atoms with E-state index in [0.717, 1.165) is 11.4 Å². The van der Waals surface area contributed by atoms with Gasteiger partial charge in [-0.1, -0.05) is 12.7 Å². The zero-order chi connectivity index (χ0) is 6.69. The van der Waals surface area contributed by atoms with Gasteiger partial charge in [-0.15, -0.1) is 0 Å². The molecule has 1 N–H and O–H groups in total. The molecule has 0 saturated carbocycles. The zero-order valence-electron chi connectivity index (χ0n) is 5.09. The summed E-state index contributed by atoms with van der Waals surface area (Å²) in [6.45, 7) is 6.99. The third kappa shape index (κ3) is 0.914. The number of aromatic nitrogens is 1. The molecule has 0 spiro atoms. The van der Waals surface area contributed by atoms with Crippen LogP contribution in [0.3, 0.4) is 0 Å². The van der Waals surface area contributed by atoms with E-state index in [1.807, 2.05) is 6.07 Å². The van der Waals surface area contributed by atoms with Gasteiger partial charge in [-0.25, -0.2) is 4.99 Å². The Morgan fingerprint density at radius 3 is 2.89 bits per heavy atom. The maximum Gasteiger partial charge on any atom is 0.136 e. The number of nitrogens with one attached hydrogen (secondary N) is 1. The van der Waals surface area contributed by atoms with Crippen LogP contribution in [-0.2, 0) is 0 Å². The van der Waals surface area contributed by atoms with E-state index in [-0.39, 0.29) is 0 Å². The molecular formula is C7H8N2. The average molecular weight is 120 g/mol. The molecule has 1 aromatic heterocycles. The molecule has 0 amide bonds. The van der Waals surface area contributed by atoms with Crippen molar-refractivity contribution in [2.75, 3.05) is 0 Å². The van der Waals surface area contributed by atoms with Crippen LogP contribution in [0.1, 0.15) is 5.56 Å². The van der Waals surface area contributed by atoms with Crippen molar-refractivity contribution in [2.45, 2.75) is 0 Å². The highest BCUT2D eigenvalue weighted by Gasteiger charge is 1.92. The molecular weight excluding hydrogens is 112 g/mol. The Morgan fingerprint density at radius 1 is 1.67 bits per heavy atom. The molecule has 9 heavy (non-hydrogen) atoms. The molecule has 0 aliphatic heterocycles. The number of aromatic amines is 1. The van der Waals surface area contributed by atoms with Crippen LogP contribution in [0, 0.1) is 0 Å². The SMILES string of the molecule is C=Cc1cc[nH]c1N=C. The van der Waals surface area contributed by atoms with Gasteiger partial charge in [-0.2, -0.15) is 0 Å². The summed E-state index contributed by atoms with van der Waals surface area (Å²) in [6.07, 6.45) is 3.54. The second kappa shape index (κ2) is 2.31. The van der Waals surface area contributed by atoms with Crippen molar-refractivity contribution < 1.29 is 0 Å². The van der Waals surface area contributed by atoms with Crippen molar-refractivity contribution in [2.24, 2.45) is 4.99 Å². The van der Waals surface area contributed by atoms with E-state index < -0.39 is 0 Å². The van der Waals surface area contributed by atoms with E-state index in [1.54, 1.807) is 12.3 Å². The molecule has 0 fully saturated rings. The molecule has 0 saturated heterocycles. The van der Waals surface area contributed by atoms with Gasteiger partial charge in [0.15, 0.2) is 0 Å². The minimum absolute atomic E-state index is 0.782. The largest absolute Gasteiger partial charge is 0.346 e. The number of hydrogen-bond donors (Lipinski definition) is 1. The molecule has 0 unspecified atom stereocenters. The molecule has 0 atom stereocenters. The first-order chi connectivity index (χ1) is 4.38. The van der Waals surface area contributed by atoms with Crippen molar-refractivity contribution >= 4 is 18.6 Å². The standard InChI is InChI=1S/C7H8N2/c1-3-6-4-5-9-7(6)8-2/h3-5,9H,1-2H2. The number of hydrogen-bond acceptors (Lipinski definition) is 1. The molecule has 0 aliphatic carbocycles. The zero-order valence-corrected chi connectivity index (χ0v) is 5.09. The third-order valence-electron chi connectivity index (χ3n) is 1.13. The third-order valence-corrected chi connectivity index (χ3v) is 1.13. The first kappa shape index (κ1) is 5.82. The molecule has 0 bridgehead atoms. The Balaban J connectivity index is 3.12. The fourth-order valence-corrected chi connectivity index (χ4v) is 0.674. The Morgan fingerprint density at radius 2 is 2.44 bits per heavy atom. The molecule has 46 valence electrons. The normalized spacial score (nSPS) is 8.89. The second-order valence-corrected chi connectivity index (χ2v) is 1.64. The van der Waals surface area contributed by atoms with Gasteiger partial charge in [0.2, 0.25) is 0 Å². The topological polar surface area (TPSA) is 28.1 Å². The van der Waals surface area contributed by atoms with Crippen LogP contribution in [0.15, 0.2) is 23.8 Å². The molecule has 2 nitrogen and oxygen atoms in total. The summed E-state index contributed by atoms with van der Waals surface area (Å²) < 4.78 is 0. The maximum atomic E-state index is 3.72.